The number of hydrogen-bond acceptors (Lipinski definition) is 4. The Bertz CT molecular complexity index is 1140. The summed E-state index contributed by atoms with van der Waals surface area (Å²) in [5, 5.41) is 9.96. The molecule has 0 aliphatic carbocycles. The second-order valence-electron chi connectivity index (χ2n) is 8.57. The van der Waals surface area contributed by atoms with Crippen molar-refractivity contribution in [1.82, 2.24) is 10.6 Å². The number of anilines is 1. The van der Waals surface area contributed by atoms with Gasteiger partial charge in [0.25, 0.3) is 5.91 Å². The van der Waals surface area contributed by atoms with E-state index in [0.717, 1.165) is 58.7 Å². The van der Waals surface area contributed by atoms with Crippen LogP contribution in [0.15, 0.2) is 77.6 Å². The van der Waals surface area contributed by atoms with Gasteiger partial charge in [0.15, 0.2) is 0 Å². The number of rotatable bonds is 9. The Morgan fingerprint density at radius 2 is 2.00 bits per heavy atom. The molecule has 3 N–H and O–H groups in total. The smallest absolute Gasteiger partial charge is 0.251 e. The molecule has 0 spiro atoms. The number of hydrogen-bond donors (Lipinski definition) is 3. The molecule has 0 aromatic heterocycles. The molecule has 0 fully saturated rings. The molecule has 0 saturated carbocycles. The molecule has 0 saturated heterocycles. The Balaban J connectivity index is 1.52. The van der Waals surface area contributed by atoms with Crippen LogP contribution >= 0.6 is 0 Å². The summed E-state index contributed by atoms with van der Waals surface area (Å²) in [6.07, 6.45) is 10.1. The number of benzene rings is 2. The van der Waals surface area contributed by atoms with Crippen LogP contribution in [0.25, 0.3) is 5.57 Å². The van der Waals surface area contributed by atoms with Gasteiger partial charge < -0.3 is 16.0 Å². The maximum Gasteiger partial charge on any atom is 0.251 e. The number of fused-ring (bicyclic) bond motifs is 1. The molecular weight excluding hydrogens is 408 g/mol. The molecule has 170 valence electrons. The van der Waals surface area contributed by atoms with Crippen molar-refractivity contribution in [2.75, 3.05) is 11.9 Å². The molecule has 0 radical (unpaired) electrons. The molecule has 33 heavy (non-hydrogen) atoms. The molecule has 2 aromatic rings. The number of aliphatic imine (C=N–C) groups is 1. The van der Waals surface area contributed by atoms with Gasteiger partial charge in [0, 0.05) is 36.5 Å². The van der Waals surface area contributed by atoms with Crippen molar-refractivity contribution in [3.63, 3.8) is 0 Å². The lowest BCUT2D eigenvalue weighted by molar-refractivity contribution is 0.0965. The maximum absolute atomic E-state index is 11.8. The van der Waals surface area contributed by atoms with E-state index in [2.05, 4.69) is 90.3 Å². The Labute approximate surface area is 196 Å². The Hall–Kier alpha value is -3.44. The first-order valence-electron chi connectivity index (χ1n) is 11.7. The zero-order valence-electron chi connectivity index (χ0n) is 19.6. The largest absolute Gasteiger partial charge is 0.354 e. The van der Waals surface area contributed by atoms with Crippen molar-refractivity contribution in [3.05, 3.63) is 94.8 Å². The topological polar surface area (TPSA) is 65.5 Å². The van der Waals surface area contributed by atoms with E-state index in [1.807, 2.05) is 18.3 Å². The maximum atomic E-state index is 11.8. The van der Waals surface area contributed by atoms with Crippen molar-refractivity contribution >= 4 is 22.9 Å². The fraction of sp³-hybridized carbons (Fsp3) is 0.286. The minimum absolute atomic E-state index is 0.0119. The molecule has 0 bridgehead atoms. The van der Waals surface area contributed by atoms with Gasteiger partial charge in [-0.2, -0.15) is 0 Å². The second-order valence-corrected chi connectivity index (χ2v) is 8.57. The molecule has 2 aromatic carbocycles. The standard InChI is InChI=1S/C28H32N4O/c1-4-15-29-20(3)21-8-11-24(12-9-21)32-27(26-6-5-16-30-26)14-7-19(2)22-10-13-25-23(17-22)18-31-28(25)33/h5,7-14,16-17,20,29,32H,4,6,15,18H2,1-3H3,(H,31,33)/b19-7+,27-14+. The SMILES string of the molecule is CCCNC(C)c1ccc(N/C(=C/C=C(\C)c2ccc3c(c2)CNC3=O)C2=NC=CC2)cc1. The summed E-state index contributed by atoms with van der Waals surface area (Å²) in [5.74, 6) is 0.0119. The monoisotopic (exact) mass is 440 g/mol. The number of nitrogens with one attached hydrogen (secondary N) is 3. The molecule has 4 rings (SSSR count). The summed E-state index contributed by atoms with van der Waals surface area (Å²) in [7, 11) is 0. The molecule has 2 heterocycles. The van der Waals surface area contributed by atoms with Crippen LogP contribution in [-0.2, 0) is 6.54 Å². The van der Waals surface area contributed by atoms with Gasteiger partial charge in [-0.15, -0.1) is 0 Å². The first-order chi connectivity index (χ1) is 16.0. The number of nitrogens with zero attached hydrogens (tertiary/aromatic N) is 1. The highest BCUT2D eigenvalue weighted by atomic mass is 16.1. The van der Waals surface area contributed by atoms with Gasteiger partial charge in [0.1, 0.15) is 0 Å². The van der Waals surface area contributed by atoms with Gasteiger partial charge in [0.05, 0.1) is 11.4 Å². The predicted molar refractivity (Wildman–Crippen MR) is 137 cm³/mol. The average Bonchev–Trinajstić information content (AvgIpc) is 3.50. The number of amides is 1. The molecule has 2 aliphatic heterocycles. The third kappa shape index (κ3) is 5.49. The highest BCUT2D eigenvalue weighted by Gasteiger charge is 2.18. The predicted octanol–water partition coefficient (Wildman–Crippen LogP) is 5.75. The van der Waals surface area contributed by atoms with E-state index < -0.39 is 0 Å². The van der Waals surface area contributed by atoms with Gasteiger partial charge in [0.2, 0.25) is 0 Å². The zero-order chi connectivity index (χ0) is 23.2. The quantitative estimate of drug-likeness (QED) is 0.435. The molecular formula is C28H32N4O. The lowest BCUT2D eigenvalue weighted by atomic mass is 10.0. The van der Waals surface area contributed by atoms with Crippen LogP contribution in [0.4, 0.5) is 5.69 Å². The van der Waals surface area contributed by atoms with E-state index >= 15 is 0 Å². The highest BCUT2D eigenvalue weighted by molar-refractivity contribution is 6.05. The van der Waals surface area contributed by atoms with Crippen molar-refractivity contribution in [2.45, 2.75) is 46.2 Å². The third-order valence-electron chi connectivity index (χ3n) is 6.09. The molecule has 1 unspecified atom stereocenters. The fourth-order valence-corrected chi connectivity index (χ4v) is 4.02. The minimum Gasteiger partial charge on any atom is -0.354 e. The van der Waals surface area contributed by atoms with E-state index in [4.69, 9.17) is 0 Å². The Morgan fingerprint density at radius 1 is 1.18 bits per heavy atom. The summed E-state index contributed by atoms with van der Waals surface area (Å²) in [4.78, 5) is 16.4. The molecule has 5 heteroatoms. The summed E-state index contributed by atoms with van der Waals surface area (Å²) >= 11 is 0. The normalized spacial score (nSPS) is 16.5. The van der Waals surface area contributed by atoms with E-state index in [0.29, 0.717) is 12.6 Å². The highest BCUT2D eigenvalue weighted by Crippen LogP contribution is 2.23. The van der Waals surface area contributed by atoms with E-state index in [1.165, 1.54) is 5.56 Å². The van der Waals surface area contributed by atoms with Gasteiger partial charge >= 0.3 is 0 Å². The van der Waals surface area contributed by atoms with Crippen LogP contribution in [0.5, 0.6) is 0 Å². The van der Waals surface area contributed by atoms with Crippen molar-refractivity contribution < 1.29 is 4.79 Å². The zero-order valence-corrected chi connectivity index (χ0v) is 19.6. The Morgan fingerprint density at radius 3 is 2.73 bits per heavy atom. The van der Waals surface area contributed by atoms with E-state index in [9.17, 15) is 4.79 Å². The third-order valence-corrected chi connectivity index (χ3v) is 6.09. The lowest BCUT2D eigenvalue weighted by Crippen LogP contribution is -2.19. The first-order valence-corrected chi connectivity index (χ1v) is 11.7. The molecule has 5 nitrogen and oxygen atoms in total. The van der Waals surface area contributed by atoms with Crippen molar-refractivity contribution in [2.24, 2.45) is 4.99 Å². The van der Waals surface area contributed by atoms with Gasteiger partial charge in [-0.3, -0.25) is 9.79 Å². The van der Waals surface area contributed by atoms with E-state index in [-0.39, 0.29) is 5.91 Å². The molecule has 1 amide bonds. The van der Waals surface area contributed by atoms with Crippen LogP contribution in [0.3, 0.4) is 0 Å². The minimum atomic E-state index is 0.0119. The number of allylic oxidation sites excluding steroid dienone is 5. The van der Waals surface area contributed by atoms with Crippen LogP contribution in [0.1, 0.15) is 66.7 Å². The van der Waals surface area contributed by atoms with Crippen LogP contribution < -0.4 is 16.0 Å². The summed E-state index contributed by atoms with van der Waals surface area (Å²) < 4.78 is 0. The Kier molecular flexibility index (Phi) is 7.20. The average molecular weight is 441 g/mol. The van der Waals surface area contributed by atoms with Gasteiger partial charge in [-0.05, 0) is 79.4 Å². The number of carbonyl (C=O) groups is 1. The van der Waals surface area contributed by atoms with Crippen LogP contribution in [0.2, 0.25) is 0 Å². The number of carbonyl (C=O) groups excluding carboxylic acids is 1. The van der Waals surface area contributed by atoms with Crippen LogP contribution in [-0.4, -0.2) is 18.2 Å². The summed E-state index contributed by atoms with van der Waals surface area (Å²) in [6.45, 7) is 8.08. The van der Waals surface area contributed by atoms with Gasteiger partial charge in [-0.1, -0.05) is 37.3 Å². The molecule has 1 atom stereocenters. The van der Waals surface area contributed by atoms with Crippen LogP contribution in [0, 0.1) is 0 Å². The van der Waals surface area contributed by atoms with E-state index in [1.54, 1.807) is 0 Å². The summed E-state index contributed by atoms with van der Waals surface area (Å²) in [6, 6.07) is 14.9. The fourth-order valence-electron chi connectivity index (χ4n) is 4.02. The van der Waals surface area contributed by atoms with Crippen molar-refractivity contribution in [3.8, 4) is 0 Å². The lowest BCUT2D eigenvalue weighted by Gasteiger charge is -2.15. The first kappa shape index (κ1) is 22.7. The van der Waals surface area contributed by atoms with Gasteiger partial charge in [-0.25, -0.2) is 0 Å². The second kappa shape index (κ2) is 10.5. The molecule has 2 aliphatic rings. The summed E-state index contributed by atoms with van der Waals surface area (Å²) in [5.41, 5.74) is 8.40. The van der Waals surface area contributed by atoms with Crippen molar-refractivity contribution in [1.29, 1.82) is 0 Å².